The van der Waals surface area contributed by atoms with Crippen molar-refractivity contribution in [2.75, 3.05) is 0 Å². The Kier molecular flexibility index (Phi) is 2.88. The molecule has 1 aliphatic heterocycles. The molecular weight excluding hydrogens is 234 g/mol. The van der Waals surface area contributed by atoms with Gasteiger partial charge in [0, 0.05) is 0 Å². The Morgan fingerprint density at radius 3 is 2.47 bits per heavy atom. The lowest BCUT2D eigenvalue weighted by molar-refractivity contribution is 0.0879. The van der Waals surface area contributed by atoms with Gasteiger partial charge in [-0.25, -0.2) is 0 Å². The molecule has 2 rings (SSSR count). The van der Waals surface area contributed by atoms with Crippen molar-refractivity contribution in [1.82, 2.24) is 5.32 Å². The molecule has 0 saturated carbocycles. The van der Waals surface area contributed by atoms with Gasteiger partial charge in [0.2, 0.25) is 0 Å². The summed E-state index contributed by atoms with van der Waals surface area (Å²) in [7, 11) is -2.06. The number of carbonyl (C=O) groups excluding carboxylic acids is 2. The Morgan fingerprint density at radius 1 is 1.18 bits per heavy atom. The zero-order valence-corrected chi connectivity index (χ0v) is 10.9. The Labute approximate surface area is 101 Å². The third-order valence-corrected chi connectivity index (χ3v) is 4.30. The van der Waals surface area contributed by atoms with E-state index in [4.69, 9.17) is 0 Å². The molecule has 1 aromatic rings. The molecular formula is C12H15NO3Si. The topological polar surface area (TPSA) is 66.4 Å². The summed E-state index contributed by atoms with van der Waals surface area (Å²) >= 11 is 0. The predicted octanol–water partition coefficient (Wildman–Crippen LogP) is 1.31. The van der Waals surface area contributed by atoms with Gasteiger partial charge in [-0.15, -0.1) is 0 Å². The van der Waals surface area contributed by atoms with E-state index in [9.17, 15) is 14.4 Å². The Morgan fingerprint density at radius 2 is 1.82 bits per heavy atom. The maximum absolute atomic E-state index is 11.5. The fourth-order valence-electron chi connectivity index (χ4n) is 1.82. The predicted molar refractivity (Wildman–Crippen MR) is 66.5 cm³/mol. The lowest BCUT2D eigenvalue weighted by Crippen LogP contribution is -2.25. The molecule has 17 heavy (non-hydrogen) atoms. The molecule has 0 atom stereocenters. The molecule has 0 bridgehead atoms. The van der Waals surface area contributed by atoms with Crippen LogP contribution < -0.4 is 5.32 Å². The number of hydrogen-bond acceptors (Lipinski definition) is 3. The van der Waals surface area contributed by atoms with Gasteiger partial charge >= 0.3 is 0 Å². The van der Waals surface area contributed by atoms with Crippen molar-refractivity contribution in [3.63, 3.8) is 0 Å². The molecule has 0 saturated heterocycles. The lowest BCUT2D eigenvalue weighted by Gasteiger charge is -2.13. The second-order valence-corrected chi connectivity index (χ2v) is 9.10. The van der Waals surface area contributed by atoms with Crippen molar-refractivity contribution in [2.24, 2.45) is 0 Å². The number of benzene rings is 1. The summed E-state index contributed by atoms with van der Waals surface area (Å²) in [4.78, 5) is 32.6. The molecule has 0 fully saturated rings. The lowest BCUT2D eigenvalue weighted by atomic mass is 10.0. The molecule has 0 unspecified atom stereocenters. The van der Waals surface area contributed by atoms with Crippen molar-refractivity contribution in [3.05, 3.63) is 34.9 Å². The molecule has 1 aromatic carbocycles. The number of nitrogens with one attached hydrogen (secondary N) is 1. The van der Waals surface area contributed by atoms with Crippen molar-refractivity contribution >= 4 is 20.1 Å². The van der Waals surface area contributed by atoms with Crippen LogP contribution in [0.2, 0.25) is 19.1 Å². The van der Waals surface area contributed by atoms with E-state index in [1.807, 2.05) is 19.2 Å². The molecule has 2 N–H and O–H groups in total. The van der Waals surface area contributed by atoms with E-state index in [0.29, 0.717) is 11.1 Å². The monoisotopic (exact) mass is 249 g/mol. The summed E-state index contributed by atoms with van der Waals surface area (Å²) in [5, 5.41) is 2.26. The number of aryl methyl sites for hydroxylation is 1. The van der Waals surface area contributed by atoms with Gasteiger partial charge in [-0.2, -0.15) is 0 Å². The van der Waals surface area contributed by atoms with Gasteiger partial charge in [0.25, 0.3) is 11.8 Å². The molecule has 1 heterocycles. The van der Waals surface area contributed by atoms with Crippen LogP contribution in [0.25, 0.3) is 0 Å². The summed E-state index contributed by atoms with van der Waals surface area (Å²) in [6.07, 6.45) is 0.741. The van der Waals surface area contributed by atoms with Crippen LogP contribution in [0, 0.1) is 0 Å². The van der Waals surface area contributed by atoms with E-state index in [0.717, 1.165) is 18.0 Å². The molecule has 2 amide bonds. The molecule has 0 spiro atoms. The number of fused-ring (bicyclic) bond motifs is 1. The summed E-state index contributed by atoms with van der Waals surface area (Å²) in [6, 6.07) is 6.02. The van der Waals surface area contributed by atoms with Crippen molar-refractivity contribution in [2.45, 2.75) is 25.6 Å². The maximum Gasteiger partial charge on any atom is 0.258 e. The fraction of sp³-hybridized carbons (Fsp3) is 0.333. The highest BCUT2D eigenvalue weighted by molar-refractivity contribution is 6.69. The van der Waals surface area contributed by atoms with E-state index >= 15 is 0 Å². The number of amides is 2. The first-order valence-corrected chi connectivity index (χ1v) is 8.73. The van der Waals surface area contributed by atoms with E-state index in [1.54, 1.807) is 12.1 Å². The normalized spacial score (nSPS) is 14.8. The number of rotatable bonds is 3. The van der Waals surface area contributed by atoms with Crippen LogP contribution in [0.1, 0.15) is 26.3 Å². The van der Waals surface area contributed by atoms with Gasteiger partial charge in [-0.05, 0) is 43.3 Å². The smallest absolute Gasteiger partial charge is 0.258 e. The molecule has 4 nitrogen and oxygen atoms in total. The highest BCUT2D eigenvalue weighted by Gasteiger charge is 2.26. The molecule has 1 aliphatic rings. The summed E-state index contributed by atoms with van der Waals surface area (Å²) < 4.78 is 0. The highest BCUT2D eigenvalue weighted by atomic mass is 28.4. The highest BCUT2D eigenvalue weighted by Crippen LogP contribution is 2.19. The molecule has 0 radical (unpaired) electrons. The average molecular weight is 249 g/mol. The number of carbonyl (C=O) groups is 2. The van der Waals surface area contributed by atoms with Gasteiger partial charge in [0.15, 0.2) is 8.32 Å². The number of hydrogen-bond donors (Lipinski definition) is 2. The Hall–Kier alpha value is -1.46. The van der Waals surface area contributed by atoms with Crippen LogP contribution >= 0.6 is 0 Å². The van der Waals surface area contributed by atoms with Gasteiger partial charge in [-0.3, -0.25) is 14.9 Å². The second-order valence-electron chi connectivity index (χ2n) is 4.98. The van der Waals surface area contributed by atoms with E-state index < -0.39 is 8.32 Å². The minimum atomic E-state index is -2.06. The standard InChI is InChI=1S/C12H15NO3Si/c1-17(2,16)6-5-8-3-4-9-10(7-8)12(15)13-11(9)14/h3-4,7,16H,5-6H2,1-2H3,(H,13,14,15). The molecule has 5 heteroatoms. The van der Waals surface area contributed by atoms with Crippen LogP contribution in [0.4, 0.5) is 0 Å². The first-order valence-electron chi connectivity index (χ1n) is 5.58. The second kappa shape index (κ2) is 4.08. The average Bonchev–Trinajstić information content (AvgIpc) is 2.51. The third kappa shape index (κ3) is 2.62. The largest absolute Gasteiger partial charge is 0.432 e. The minimum absolute atomic E-state index is 0.326. The van der Waals surface area contributed by atoms with Crippen LogP contribution in [-0.2, 0) is 6.42 Å². The van der Waals surface area contributed by atoms with E-state index in [2.05, 4.69) is 5.32 Å². The van der Waals surface area contributed by atoms with Gasteiger partial charge in [-0.1, -0.05) is 6.07 Å². The van der Waals surface area contributed by atoms with Crippen molar-refractivity contribution in [3.8, 4) is 0 Å². The van der Waals surface area contributed by atoms with Crippen molar-refractivity contribution < 1.29 is 14.4 Å². The summed E-state index contributed by atoms with van der Waals surface area (Å²) in [5.74, 6) is -0.652. The maximum atomic E-state index is 11.5. The third-order valence-electron chi connectivity index (χ3n) is 2.83. The quantitative estimate of drug-likeness (QED) is 0.627. The van der Waals surface area contributed by atoms with Crippen LogP contribution in [0.5, 0.6) is 0 Å². The first kappa shape index (κ1) is 12.0. The van der Waals surface area contributed by atoms with Crippen LogP contribution in [0.15, 0.2) is 18.2 Å². The zero-order chi connectivity index (χ0) is 12.6. The Balaban J connectivity index is 2.20. The van der Waals surface area contributed by atoms with Crippen LogP contribution in [-0.4, -0.2) is 24.9 Å². The minimum Gasteiger partial charge on any atom is -0.432 e. The molecule has 0 aliphatic carbocycles. The van der Waals surface area contributed by atoms with Crippen molar-refractivity contribution in [1.29, 1.82) is 0 Å². The fourth-order valence-corrected chi connectivity index (χ4v) is 2.72. The van der Waals surface area contributed by atoms with E-state index in [1.165, 1.54) is 0 Å². The summed E-state index contributed by atoms with van der Waals surface area (Å²) in [6.45, 7) is 3.77. The molecule has 0 aromatic heterocycles. The molecule has 90 valence electrons. The first-order chi connectivity index (χ1) is 7.87. The van der Waals surface area contributed by atoms with E-state index in [-0.39, 0.29) is 11.8 Å². The summed E-state index contributed by atoms with van der Waals surface area (Å²) in [5.41, 5.74) is 1.88. The Bertz CT molecular complexity index is 491. The number of imide groups is 1. The van der Waals surface area contributed by atoms with Gasteiger partial charge in [0.1, 0.15) is 0 Å². The van der Waals surface area contributed by atoms with Gasteiger partial charge in [0.05, 0.1) is 11.1 Å². The van der Waals surface area contributed by atoms with Gasteiger partial charge < -0.3 is 4.80 Å². The van der Waals surface area contributed by atoms with Crippen LogP contribution in [0.3, 0.4) is 0 Å². The zero-order valence-electron chi connectivity index (χ0n) is 9.91. The SMILES string of the molecule is C[Si](C)(O)CCc1ccc2c(c1)C(=O)NC2=O.